The van der Waals surface area contributed by atoms with Gasteiger partial charge in [0.15, 0.2) is 0 Å². The van der Waals surface area contributed by atoms with E-state index in [0.717, 1.165) is 17.4 Å². The van der Waals surface area contributed by atoms with Crippen LogP contribution in [0.4, 0.5) is 4.79 Å². The van der Waals surface area contributed by atoms with Crippen LogP contribution < -0.4 is 5.32 Å². The first-order valence-electron chi connectivity index (χ1n) is 7.14. The highest BCUT2D eigenvalue weighted by atomic mass is 35.5. The van der Waals surface area contributed by atoms with Crippen molar-refractivity contribution in [2.45, 2.75) is 14.7 Å². The van der Waals surface area contributed by atoms with Gasteiger partial charge in [-0.25, -0.2) is 8.42 Å². The molecule has 1 saturated heterocycles. The molecule has 140 valence electrons. The summed E-state index contributed by atoms with van der Waals surface area (Å²) in [6, 6.07) is 7.74. The number of hydrogen-bond acceptors (Lipinski definition) is 6. The van der Waals surface area contributed by atoms with Gasteiger partial charge in [-0.2, -0.15) is 0 Å². The molecule has 0 saturated carbocycles. The molecule has 1 aromatic carbocycles. The molecule has 2 aromatic rings. The fourth-order valence-electron chi connectivity index (χ4n) is 2.22. The van der Waals surface area contributed by atoms with E-state index in [1.165, 1.54) is 0 Å². The van der Waals surface area contributed by atoms with Gasteiger partial charge >= 0.3 is 0 Å². The van der Waals surface area contributed by atoms with E-state index in [0.29, 0.717) is 22.3 Å². The maximum atomic E-state index is 13.1. The van der Waals surface area contributed by atoms with Gasteiger partial charge in [-0.05, 0) is 42.1 Å². The summed E-state index contributed by atoms with van der Waals surface area (Å²) in [5.41, 5.74) is 0.587. The maximum Gasteiger partial charge on any atom is 0.287 e. The molecule has 1 unspecified atom stereocenters. The minimum absolute atomic E-state index is 0.0531. The molecule has 2 heterocycles. The van der Waals surface area contributed by atoms with E-state index in [1.54, 1.807) is 24.3 Å². The molecule has 3 rings (SSSR count). The zero-order chi connectivity index (χ0) is 19.8. The molecule has 0 aliphatic carbocycles. The minimum atomic E-state index is -4.29. The average Bonchev–Trinajstić information content (AvgIpc) is 3.09. The Bertz CT molecular complexity index is 1080. The number of benzene rings is 1. The van der Waals surface area contributed by atoms with Gasteiger partial charge in [-0.1, -0.05) is 46.6 Å². The predicted octanol–water partition coefficient (Wildman–Crippen LogP) is 4.60. The number of halogens is 3. The highest BCUT2D eigenvalue weighted by Gasteiger charge is 2.58. The van der Waals surface area contributed by atoms with Gasteiger partial charge < -0.3 is 0 Å². The van der Waals surface area contributed by atoms with E-state index in [9.17, 15) is 18.0 Å². The summed E-state index contributed by atoms with van der Waals surface area (Å²) in [7, 11) is -4.29. The van der Waals surface area contributed by atoms with Crippen molar-refractivity contribution in [3.63, 3.8) is 0 Å². The molecular weight excluding hydrogens is 473 g/mol. The number of carbonyl (C=O) groups excluding carboxylic acids is 2. The Morgan fingerprint density at radius 3 is 2.30 bits per heavy atom. The molecule has 0 bridgehead atoms. The van der Waals surface area contributed by atoms with Crippen LogP contribution in [0.15, 0.2) is 34.5 Å². The average molecular weight is 481 g/mol. The van der Waals surface area contributed by atoms with Crippen LogP contribution in [-0.4, -0.2) is 23.6 Å². The molecular formula is C16H8Cl3NO4S3. The van der Waals surface area contributed by atoms with E-state index < -0.39 is 31.5 Å². The number of thioether (sulfide) groups is 1. The van der Waals surface area contributed by atoms with E-state index in [1.807, 2.05) is 5.32 Å². The van der Waals surface area contributed by atoms with Crippen molar-refractivity contribution in [2.75, 3.05) is 0 Å². The Hall–Kier alpha value is -1.21. The summed E-state index contributed by atoms with van der Waals surface area (Å²) in [6.45, 7) is 0. The van der Waals surface area contributed by atoms with Gasteiger partial charge in [0.2, 0.25) is 13.9 Å². The Kier molecular flexibility index (Phi) is 5.82. The zero-order valence-corrected chi connectivity index (χ0v) is 17.8. The van der Waals surface area contributed by atoms with Crippen molar-refractivity contribution in [3.8, 4) is 11.8 Å². The standard InChI is InChI=1S/C16H8Cl3NO4S3/c17-10-5-3-9(4-6-10)2-1-7-16(14(21)20-15(22)26-16)27(23,24)12-8-11(18)13(19)25-12/h3-6,8H,7H2,(H,20,21,22). The summed E-state index contributed by atoms with van der Waals surface area (Å²) in [6.07, 6.45) is -0.395. The van der Waals surface area contributed by atoms with Crippen molar-refractivity contribution >= 4 is 78.9 Å². The van der Waals surface area contributed by atoms with Crippen molar-refractivity contribution in [2.24, 2.45) is 0 Å². The first-order chi connectivity index (χ1) is 12.7. The third-order valence-corrected chi connectivity index (χ3v) is 10.1. The molecule has 1 atom stereocenters. The number of sulfone groups is 1. The van der Waals surface area contributed by atoms with Gasteiger partial charge in [0.05, 0.1) is 5.02 Å². The van der Waals surface area contributed by atoms with Crippen LogP contribution in [0.2, 0.25) is 14.4 Å². The second-order valence-electron chi connectivity index (χ2n) is 5.27. The lowest BCUT2D eigenvalue weighted by molar-refractivity contribution is -0.119. The number of rotatable bonds is 3. The lowest BCUT2D eigenvalue weighted by Crippen LogP contribution is -2.43. The number of amides is 2. The number of hydrogen-bond donors (Lipinski definition) is 1. The third-order valence-electron chi connectivity index (χ3n) is 3.54. The number of nitrogens with one attached hydrogen (secondary N) is 1. The molecule has 1 fully saturated rings. The first kappa shape index (κ1) is 20.5. The second kappa shape index (κ2) is 7.66. The molecule has 2 amide bonds. The summed E-state index contributed by atoms with van der Waals surface area (Å²) >= 11 is 18.6. The summed E-state index contributed by atoms with van der Waals surface area (Å²) < 4.78 is 24.0. The number of imide groups is 1. The second-order valence-corrected chi connectivity index (χ2v) is 11.7. The number of thiophene rings is 1. The highest BCUT2D eigenvalue weighted by molar-refractivity contribution is 8.25. The van der Waals surface area contributed by atoms with Crippen LogP contribution >= 0.6 is 57.9 Å². The molecule has 27 heavy (non-hydrogen) atoms. The predicted molar refractivity (Wildman–Crippen MR) is 108 cm³/mol. The van der Waals surface area contributed by atoms with E-state index in [4.69, 9.17) is 34.8 Å². The van der Waals surface area contributed by atoms with Crippen LogP contribution in [0.3, 0.4) is 0 Å². The van der Waals surface area contributed by atoms with Crippen molar-refractivity contribution in [3.05, 3.63) is 50.3 Å². The molecule has 11 heteroatoms. The Morgan fingerprint density at radius 1 is 1.11 bits per heavy atom. The molecule has 1 aromatic heterocycles. The van der Waals surface area contributed by atoms with E-state index in [2.05, 4.69) is 11.8 Å². The van der Waals surface area contributed by atoms with Crippen LogP contribution in [0, 0.1) is 11.8 Å². The van der Waals surface area contributed by atoms with Gasteiger partial charge in [0, 0.05) is 17.0 Å². The van der Waals surface area contributed by atoms with Crippen molar-refractivity contribution in [1.82, 2.24) is 5.32 Å². The quantitative estimate of drug-likeness (QED) is 0.649. The van der Waals surface area contributed by atoms with Crippen LogP contribution in [0.25, 0.3) is 0 Å². The smallest absolute Gasteiger partial charge is 0.285 e. The van der Waals surface area contributed by atoms with Gasteiger partial charge in [-0.3, -0.25) is 14.9 Å². The largest absolute Gasteiger partial charge is 0.287 e. The molecule has 1 N–H and O–H groups in total. The lowest BCUT2D eigenvalue weighted by Gasteiger charge is -2.20. The van der Waals surface area contributed by atoms with Crippen LogP contribution in [0.1, 0.15) is 12.0 Å². The van der Waals surface area contributed by atoms with Gasteiger partial charge in [0.25, 0.3) is 11.1 Å². The van der Waals surface area contributed by atoms with Gasteiger partial charge in [-0.15, -0.1) is 11.3 Å². The maximum absolute atomic E-state index is 13.1. The van der Waals surface area contributed by atoms with Crippen LogP contribution in [0.5, 0.6) is 0 Å². The normalized spacial score (nSPS) is 19.5. The summed E-state index contributed by atoms with van der Waals surface area (Å²) in [4.78, 5) is 24.2. The highest BCUT2D eigenvalue weighted by Crippen LogP contribution is 2.46. The first-order valence-corrected chi connectivity index (χ1v) is 11.4. The molecule has 0 radical (unpaired) electrons. The van der Waals surface area contributed by atoms with E-state index >= 15 is 0 Å². The minimum Gasteiger partial charge on any atom is -0.285 e. The monoisotopic (exact) mass is 479 g/mol. The van der Waals surface area contributed by atoms with Crippen molar-refractivity contribution in [1.29, 1.82) is 0 Å². The zero-order valence-electron chi connectivity index (χ0n) is 13.1. The Balaban J connectivity index is 2.02. The summed E-state index contributed by atoms with van der Waals surface area (Å²) in [5.74, 6) is 4.52. The summed E-state index contributed by atoms with van der Waals surface area (Å²) in [5, 5.41) is 1.84. The molecule has 0 spiro atoms. The SMILES string of the molecule is O=C1NC(=O)C(CC#Cc2ccc(Cl)cc2)(S(=O)(=O)c2cc(Cl)c(Cl)s2)S1. The Labute approximate surface area is 178 Å². The lowest BCUT2D eigenvalue weighted by atomic mass is 10.2. The fraction of sp³-hybridized carbons (Fsp3) is 0.125. The third kappa shape index (κ3) is 3.86. The molecule has 5 nitrogen and oxygen atoms in total. The van der Waals surface area contributed by atoms with Crippen molar-refractivity contribution < 1.29 is 18.0 Å². The molecule has 1 aliphatic rings. The van der Waals surface area contributed by atoms with Gasteiger partial charge in [0.1, 0.15) is 8.55 Å². The molecule has 1 aliphatic heterocycles. The fourth-order valence-corrected chi connectivity index (χ4v) is 7.74. The van der Waals surface area contributed by atoms with E-state index in [-0.39, 0.29) is 13.6 Å². The Morgan fingerprint density at radius 2 is 1.78 bits per heavy atom. The number of carbonyl (C=O) groups is 2. The topological polar surface area (TPSA) is 80.3 Å². The van der Waals surface area contributed by atoms with Crippen LogP contribution in [-0.2, 0) is 14.6 Å².